The van der Waals surface area contributed by atoms with Gasteiger partial charge < -0.3 is 25.7 Å². The maximum Gasteiger partial charge on any atom is 0.249 e. The quantitative estimate of drug-likeness (QED) is 0.0312. The Hall–Kier alpha value is -1.47. The molecule has 0 aliphatic heterocycles. The van der Waals surface area contributed by atoms with Crippen LogP contribution < -0.4 is 5.32 Å². The van der Waals surface area contributed by atoms with Crippen LogP contribution in [0.2, 0.25) is 0 Å². The highest BCUT2D eigenvalue weighted by molar-refractivity contribution is 5.80. The van der Waals surface area contributed by atoms with Crippen LogP contribution in [0.1, 0.15) is 245 Å². The highest BCUT2D eigenvalue weighted by Crippen LogP contribution is 2.16. The fourth-order valence-corrected chi connectivity index (χ4v) is 7.44. The van der Waals surface area contributed by atoms with Crippen LogP contribution in [0, 0.1) is 0 Å². The van der Waals surface area contributed by atoms with Gasteiger partial charge >= 0.3 is 0 Å². The van der Waals surface area contributed by atoms with E-state index in [1.165, 1.54) is 161 Å². The number of aliphatic hydroxyl groups is 4. The number of allylic oxidation sites excluding steroid dienone is 6. The number of carbonyl (C=O) groups is 1. The van der Waals surface area contributed by atoms with Crippen molar-refractivity contribution in [2.24, 2.45) is 0 Å². The second kappa shape index (κ2) is 44.6. The summed E-state index contributed by atoms with van der Waals surface area (Å²) in [4.78, 5) is 12.5. The summed E-state index contributed by atoms with van der Waals surface area (Å²) in [5, 5.41) is 43.8. The number of unbranched alkanes of at least 4 members (excludes halogenated alkanes) is 29. The van der Waals surface area contributed by atoms with E-state index in [9.17, 15) is 25.2 Å². The van der Waals surface area contributed by atoms with E-state index >= 15 is 0 Å². The lowest BCUT2D eigenvalue weighted by Gasteiger charge is -2.27. The van der Waals surface area contributed by atoms with Crippen molar-refractivity contribution in [3.05, 3.63) is 36.5 Å². The van der Waals surface area contributed by atoms with Crippen LogP contribution in [-0.4, -0.2) is 57.3 Å². The minimum atomic E-state index is -1.29. The summed E-state index contributed by atoms with van der Waals surface area (Å²) < 4.78 is 0. The molecule has 0 bridgehead atoms. The van der Waals surface area contributed by atoms with E-state index in [1.807, 2.05) is 0 Å². The number of hydrogen-bond acceptors (Lipinski definition) is 5. The minimum Gasteiger partial charge on any atom is -0.394 e. The van der Waals surface area contributed by atoms with Gasteiger partial charge in [0.1, 0.15) is 12.2 Å². The molecule has 4 unspecified atom stereocenters. The molecule has 4 atom stereocenters. The van der Waals surface area contributed by atoms with Gasteiger partial charge in [-0.05, 0) is 64.2 Å². The summed E-state index contributed by atoms with van der Waals surface area (Å²) in [6.45, 7) is 4.05. The number of nitrogens with one attached hydrogen (secondary N) is 1. The molecule has 1 amide bonds. The second-order valence-electron chi connectivity index (χ2n) is 16.8. The Kier molecular flexibility index (Phi) is 43.5. The summed E-state index contributed by atoms with van der Waals surface area (Å²) >= 11 is 0. The SMILES string of the molecule is CCCCCCCCCC/C=C/CC/C=C/CC/C=C/CCCC(O)C(O)C(CO)NC(=O)C(O)CCCCCCCCCCCCCCCCCCCCC. The third-order valence-corrected chi connectivity index (χ3v) is 11.3. The molecule has 0 aromatic carbocycles. The van der Waals surface area contributed by atoms with Crippen LogP contribution in [0.3, 0.4) is 0 Å². The van der Waals surface area contributed by atoms with Crippen molar-refractivity contribution in [1.29, 1.82) is 0 Å². The third-order valence-electron chi connectivity index (χ3n) is 11.3. The molecule has 56 heavy (non-hydrogen) atoms. The van der Waals surface area contributed by atoms with E-state index < -0.39 is 36.9 Å². The predicted molar refractivity (Wildman–Crippen MR) is 242 cm³/mol. The normalized spacial score (nSPS) is 14.3. The van der Waals surface area contributed by atoms with Gasteiger partial charge in [0, 0.05) is 0 Å². The van der Waals surface area contributed by atoms with Crippen LogP contribution >= 0.6 is 0 Å². The zero-order chi connectivity index (χ0) is 41.0. The highest BCUT2D eigenvalue weighted by Gasteiger charge is 2.28. The molecule has 0 aromatic rings. The van der Waals surface area contributed by atoms with Crippen molar-refractivity contribution >= 4 is 5.91 Å². The Balaban J connectivity index is 3.77. The van der Waals surface area contributed by atoms with Gasteiger partial charge in [0.25, 0.3) is 0 Å². The van der Waals surface area contributed by atoms with Gasteiger partial charge in [0.05, 0.1) is 18.8 Å². The molecule has 0 heterocycles. The minimum absolute atomic E-state index is 0.362. The van der Waals surface area contributed by atoms with Crippen LogP contribution in [-0.2, 0) is 4.79 Å². The molecule has 0 saturated heterocycles. The molecule has 5 N–H and O–H groups in total. The lowest BCUT2D eigenvalue weighted by Crippen LogP contribution is -2.53. The molecule has 0 rings (SSSR count). The molecule has 6 nitrogen and oxygen atoms in total. The van der Waals surface area contributed by atoms with Crippen molar-refractivity contribution in [1.82, 2.24) is 5.32 Å². The van der Waals surface area contributed by atoms with Gasteiger partial charge in [0.2, 0.25) is 5.91 Å². The van der Waals surface area contributed by atoms with Gasteiger partial charge in [-0.3, -0.25) is 4.79 Å². The zero-order valence-corrected chi connectivity index (χ0v) is 37.1. The molecule has 0 aliphatic carbocycles. The number of carbonyl (C=O) groups excluding carboxylic acids is 1. The zero-order valence-electron chi connectivity index (χ0n) is 37.1. The Morgan fingerprint density at radius 2 is 0.750 bits per heavy atom. The number of rotatable bonds is 44. The van der Waals surface area contributed by atoms with Gasteiger partial charge in [-0.15, -0.1) is 0 Å². The van der Waals surface area contributed by atoms with Crippen LogP contribution in [0.15, 0.2) is 36.5 Å². The lowest BCUT2D eigenvalue weighted by molar-refractivity contribution is -0.132. The summed E-state index contributed by atoms with van der Waals surface area (Å²) in [6, 6.07) is -1.01. The van der Waals surface area contributed by atoms with E-state index in [-0.39, 0.29) is 0 Å². The first-order valence-corrected chi connectivity index (χ1v) is 24.4. The molecule has 6 heteroatoms. The standard InChI is InChI=1S/C50H95NO5/c1-3-5-7-9-11-13-15-17-19-21-23-24-26-27-29-31-33-35-37-39-41-43-47(53)49(55)46(45-52)51-50(56)48(54)44-42-40-38-36-34-32-30-28-25-22-20-18-16-14-12-10-8-6-4-2/h21,23,27,29,35,37,46-49,52-55H,3-20,22,24-26,28,30-34,36,38-45H2,1-2H3,(H,51,56)/b23-21+,29-27+,37-35+. The molecule has 0 saturated carbocycles. The average molecular weight is 790 g/mol. The Morgan fingerprint density at radius 3 is 1.12 bits per heavy atom. The highest BCUT2D eigenvalue weighted by atomic mass is 16.3. The largest absolute Gasteiger partial charge is 0.394 e. The smallest absolute Gasteiger partial charge is 0.249 e. The van der Waals surface area contributed by atoms with E-state index in [0.717, 1.165) is 51.4 Å². The fraction of sp³-hybridized carbons (Fsp3) is 0.860. The average Bonchev–Trinajstić information content (AvgIpc) is 3.20. The Morgan fingerprint density at radius 1 is 0.429 bits per heavy atom. The topological polar surface area (TPSA) is 110 Å². The van der Waals surface area contributed by atoms with Gasteiger partial charge in [-0.1, -0.05) is 217 Å². The van der Waals surface area contributed by atoms with Crippen LogP contribution in [0.4, 0.5) is 0 Å². The van der Waals surface area contributed by atoms with E-state index in [4.69, 9.17) is 0 Å². The second-order valence-corrected chi connectivity index (χ2v) is 16.8. The fourth-order valence-electron chi connectivity index (χ4n) is 7.44. The van der Waals surface area contributed by atoms with Crippen molar-refractivity contribution in [2.45, 2.75) is 269 Å². The molecule has 0 aliphatic rings. The first-order valence-electron chi connectivity index (χ1n) is 24.4. The van der Waals surface area contributed by atoms with Gasteiger partial charge in [-0.2, -0.15) is 0 Å². The molecule has 0 aromatic heterocycles. The monoisotopic (exact) mass is 790 g/mol. The van der Waals surface area contributed by atoms with Gasteiger partial charge in [-0.25, -0.2) is 0 Å². The number of aliphatic hydroxyl groups excluding tert-OH is 4. The molecule has 0 spiro atoms. The first kappa shape index (κ1) is 54.5. The molecular weight excluding hydrogens is 695 g/mol. The Labute approximate surface area is 347 Å². The van der Waals surface area contributed by atoms with Crippen molar-refractivity contribution in [3.63, 3.8) is 0 Å². The van der Waals surface area contributed by atoms with Gasteiger partial charge in [0.15, 0.2) is 0 Å². The van der Waals surface area contributed by atoms with E-state index in [1.54, 1.807) is 0 Å². The number of amides is 1. The maximum atomic E-state index is 12.5. The van der Waals surface area contributed by atoms with Crippen LogP contribution in [0.25, 0.3) is 0 Å². The Bertz CT molecular complexity index is 889. The lowest BCUT2D eigenvalue weighted by atomic mass is 10.00. The molecule has 330 valence electrons. The van der Waals surface area contributed by atoms with Crippen molar-refractivity contribution in [2.75, 3.05) is 6.61 Å². The summed E-state index contributed by atoms with van der Waals surface area (Å²) in [6.07, 6.45) is 53.3. The van der Waals surface area contributed by atoms with E-state index in [2.05, 4.69) is 55.6 Å². The molecule has 0 fully saturated rings. The maximum absolute atomic E-state index is 12.5. The molecule has 0 radical (unpaired) electrons. The van der Waals surface area contributed by atoms with Crippen molar-refractivity contribution in [3.8, 4) is 0 Å². The summed E-state index contributed by atoms with van der Waals surface area (Å²) in [5.74, 6) is -0.597. The number of hydrogen-bond donors (Lipinski definition) is 5. The van der Waals surface area contributed by atoms with Crippen LogP contribution in [0.5, 0.6) is 0 Å². The predicted octanol–water partition coefficient (Wildman–Crippen LogP) is 13.3. The third kappa shape index (κ3) is 38.1. The van der Waals surface area contributed by atoms with E-state index in [0.29, 0.717) is 19.3 Å². The van der Waals surface area contributed by atoms with Crippen molar-refractivity contribution < 1.29 is 25.2 Å². The summed E-state index contributed by atoms with van der Waals surface area (Å²) in [5.41, 5.74) is 0. The summed E-state index contributed by atoms with van der Waals surface area (Å²) in [7, 11) is 0. The molecular formula is C50H95NO5. The first-order chi connectivity index (χ1) is 27.5.